The van der Waals surface area contributed by atoms with Gasteiger partial charge in [0, 0.05) is 6.54 Å². The van der Waals surface area contributed by atoms with Crippen molar-refractivity contribution in [3.05, 3.63) is 36.0 Å². The van der Waals surface area contributed by atoms with Crippen LogP contribution in [0.2, 0.25) is 0 Å². The van der Waals surface area contributed by atoms with Gasteiger partial charge in [0.2, 0.25) is 0 Å². The first kappa shape index (κ1) is 20.0. The third-order valence-electron chi connectivity index (χ3n) is 3.46. The molecule has 1 aliphatic heterocycles. The molecular weight excluding hydrogens is 330 g/mol. The summed E-state index contributed by atoms with van der Waals surface area (Å²) in [6, 6.07) is 6.08. The van der Waals surface area contributed by atoms with Gasteiger partial charge in [-0.2, -0.15) is 0 Å². The lowest BCUT2D eigenvalue weighted by atomic mass is 10.2. The number of hydrogen-bond donors (Lipinski definition) is 0. The van der Waals surface area contributed by atoms with Crippen LogP contribution in [0.1, 0.15) is 33.1 Å². The molecule has 0 N–H and O–H groups in total. The highest BCUT2D eigenvalue weighted by Crippen LogP contribution is 2.26. The summed E-state index contributed by atoms with van der Waals surface area (Å²) in [6.45, 7) is 4.26. The number of carbonyl (C=O) groups is 1. The summed E-state index contributed by atoms with van der Waals surface area (Å²) in [5.74, 6) is -0.0717. The molecule has 0 aromatic heterocycles. The number of methoxy groups -OCH3 is 2. The third kappa shape index (κ3) is 4.50. The Morgan fingerprint density at radius 2 is 1.71 bits per heavy atom. The van der Waals surface area contributed by atoms with Gasteiger partial charge in [-0.15, -0.1) is 0 Å². The van der Waals surface area contributed by atoms with E-state index >= 15 is 0 Å². The minimum absolute atomic E-state index is 0.0795. The van der Waals surface area contributed by atoms with Crippen LogP contribution in [-0.4, -0.2) is 39.5 Å². The predicted molar refractivity (Wildman–Crippen MR) is 92.2 cm³/mol. The molecule has 0 unspecified atom stereocenters. The van der Waals surface area contributed by atoms with Crippen molar-refractivity contribution in [2.24, 2.45) is 0 Å². The number of ether oxygens (including phenoxy) is 2. The van der Waals surface area contributed by atoms with E-state index in [1.165, 1.54) is 26.4 Å². The molecule has 0 bridgehead atoms. The van der Waals surface area contributed by atoms with E-state index in [1.54, 1.807) is 18.2 Å². The summed E-state index contributed by atoms with van der Waals surface area (Å²) in [5.41, 5.74) is 0.0795. The fourth-order valence-corrected chi connectivity index (χ4v) is 3.79. The van der Waals surface area contributed by atoms with Crippen molar-refractivity contribution < 1.29 is 22.7 Å². The van der Waals surface area contributed by atoms with Gasteiger partial charge in [-0.25, -0.2) is 13.2 Å². The minimum Gasteiger partial charge on any atom is -0.497 e. The van der Waals surface area contributed by atoms with E-state index in [-0.39, 0.29) is 17.1 Å². The second kappa shape index (κ2) is 9.32. The molecule has 0 saturated carbocycles. The van der Waals surface area contributed by atoms with Gasteiger partial charge in [0.15, 0.2) is 0 Å². The first-order valence-electron chi connectivity index (χ1n) is 7.96. The monoisotopic (exact) mass is 355 g/mol. The number of nitrogens with zero attached hydrogens (tertiary/aromatic N) is 1. The molecule has 2 rings (SSSR count). The molecule has 0 radical (unpaired) electrons. The number of esters is 1. The lowest BCUT2D eigenvalue weighted by molar-refractivity contribution is -0.137. The van der Waals surface area contributed by atoms with Crippen LogP contribution in [0.3, 0.4) is 0 Å². The molecule has 1 aromatic rings. The summed E-state index contributed by atoms with van der Waals surface area (Å²) in [5, 5.41) is 0. The Bertz CT molecular complexity index is 665. The van der Waals surface area contributed by atoms with E-state index in [0.29, 0.717) is 18.6 Å². The standard InChI is InChI=1S/C15H19NO5S.C2H6/c1-20-12-7-9-13(10-8-12)22(18,19)16-11-5-3-4-6-14(16)15(17)21-2;1-2/h6-10H,3-5,11H2,1-2H3;1-2H3. The second-order valence-electron chi connectivity index (χ2n) is 4.83. The normalized spacial score (nSPS) is 14.7. The number of carbonyl (C=O) groups excluding carboxylic acids is 1. The molecule has 1 aliphatic rings. The van der Waals surface area contributed by atoms with Crippen LogP contribution in [0.4, 0.5) is 0 Å². The van der Waals surface area contributed by atoms with E-state index in [0.717, 1.165) is 10.7 Å². The van der Waals surface area contributed by atoms with Crippen molar-refractivity contribution in [3.8, 4) is 5.75 Å². The van der Waals surface area contributed by atoms with Crippen LogP contribution in [0.25, 0.3) is 0 Å². The Kier molecular flexibility index (Phi) is 7.78. The summed E-state index contributed by atoms with van der Waals surface area (Å²) >= 11 is 0. The van der Waals surface area contributed by atoms with Gasteiger partial charge in [0.05, 0.1) is 19.1 Å². The lowest BCUT2D eigenvalue weighted by Crippen LogP contribution is -2.34. The number of benzene rings is 1. The maximum Gasteiger partial charge on any atom is 0.354 e. The molecule has 134 valence electrons. The van der Waals surface area contributed by atoms with Gasteiger partial charge >= 0.3 is 5.97 Å². The van der Waals surface area contributed by atoms with Gasteiger partial charge in [-0.05, 0) is 43.5 Å². The Hall–Kier alpha value is -2.02. The number of sulfonamides is 1. The number of allylic oxidation sites excluding steroid dienone is 1. The SMILES string of the molecule is CC.COC(=O)C1=CCCCCN1S(=O)(=O)c1ccc(OC)cc1. The summed E-state index contributed by atoms with van der Waals surface area (Å²) in [7, 11) is -1.05. The molecule has 1 heterocycles. The van der Waals surface area contributed by atoms with Gasteiger partial charge in [0.25, 0.3) is 10.0 Å². The molecule has 7 heteroatoms. The molecule has 0 amide bonds. The van der Waals surface area contributed by atoms with Gasteiger partial charge in [-0.3, -0.25) is 4.31 Å². The third-order valence-corrected chi connectivity index (χ3v) is 5.29. The van der Waals surface area contributed by atoms with E-state index < -0.39 is 16.0 Å². The Balaban J connectivity index is 0.00000139. The molecule has 0 spiro atoms. The highest BCUT2D eigenvalue weighted by molar-refractivity contribution is 7.89. The van der Waals surface area contributed by atoms with Crippen LogP contribution in [0.15, 0.2) is 40.9 Å². The predicted octanol–water partition coefficient (Wildman–Crippen LogP) is 2.95. The number of hydrogen-bond acceptors (Lipinski definition) is 5. The van der Waals surface area contributed by atoms with E-state index in [4.69, 9.17) is 9.47 Å². The van der Waals surface area contributed by atoms with Crippen LogP contribution in [0.5, 0.6) is 5.75 Å². The zero-order valence-corrected chi connectivity index (χ0v) is 15.4. The molecule has 1 aromatic carbocycles. The smallest absolute Gasteiger partial charge is 0.354 e. The van der Waals surface area contributed by atoms with Crippen molar-refractivity contribution in [1.82, 2.24) is 4.31 Å². The van der Waals surface area contributed by atoms with Crippen LogP contribution < -0.4 is 4.74 Å². The average molecular weight is 355 g/mol. The van der Waals surface area contributed by atoms with E-state index in [1.807, 2.05) is 13.8 Å². The molecule has 6 nitrogen and oxygen atoms in total. The summed E-state index contributed by atoms with van der Waals surface area (Å²) < 4.78 is 36.5. The first-order valence-corrected chi connectivity index (χ1v) is 9.40. The zero-order chi connectivity index (χ0) is 18.2. The van der Waals surface area contributed by atoms with E-state index in [2.05, 4.69) is 0 Å². The largest absolute Gasteiger partial charge is 0.497 e. The molecular formula is C17H25NO5S. The maximum atomic E-state index is 12.8. The van der Waals surface area contributed by atoms with Crippen molar-refractivity contribution >= 4 is 16.0 Å². The maximum absolute atomic E-state index is 12.8. The van der Waals surface area contributed by atoms with Crippen LogP contribution >= 0.6 is 0 Å². The topological polar surface area (TPSA) is 72.9 Å². The quantitative estimate of drug-likeness (QED) is 0.777. The average Bonchev–Trinajstić information content (AvgIpc) is 2.89. The van der Waals surface area contributed by atoms with Crippen molar-refractivity contribution in [2.75, 3.05) is 20.8 Å². The number of rotatable bonds is 4. The lowest BCUT2D eigenvalue weighted by Gasteiger charge is -2.24. The highest BCUT2D eigenvalue weighted by atomic mass is 32.2. The fraction of sp³-hybridized carbons (Fsp3) is 0.471. The Morgan fingerprint density at radius 3 is 2.25 bits per heavy atom. The van der Waals surface area contributed by atoms with Crippen molar-refractivity contribution in [3.63, 3.8) is 0 Å². The molecule has 0 aliphatic carbocycles. The molecule has 0 saturated heterocycles. The zero-order valence-electron chi connectivity index (χ0n) is 14.6. The second-order valence-corrected chi connectivity index (χ2v) is 6.69. The fourth-order valence-electron chi connectivity index (χ4n) is 2.28. The summed E-state index contributed by atoms with van der Waals surface area (Å²) in [6.07, 6.45) is 3.79. The minimum atomic E-state index is -3.81. The highest BCUT2D eigenvalue weighted by Gasteiger charge is 2.31. The molecule has 0 fully saturated rings. The Labute approximate surface area is 144 Å². The van der Waals surface area contributed by atoms with Gasteiger partial charge in [0.1, 0.15) is 11.4 Å². The van der Waals surface area contributed by atoms with E-state index in [9.17, 15) is 13.2 Å². The molecule has 24 heavy (non-hydrogen) atoms. The van der Waals surface area contributed by atoms with Gasteiger partial charge < -0.3 is 9.47 Å². The Morgan fingerprint density at radius 1 is 1.08 bits per heavy atom. The van der Waals surface area contributed by atoms with Crippen molar-refractivity contribution in [1.29, 1.82) is 0 Å². The van der Waals surface area contributed by atoms with Crippen LogP contribution in [-0.2, 0) is 19.6 Å². The van der Waals surface area contributed by atoms with Gasteiger partial charge in [-0.1, -0.05) is 19.9 Å². The molecule has 0 atom stereocenters. The first-order chi connectivity index (χ1) is 11.5. The van der Waals surface area contributed by atoms with Crippen molar-refractivity contribution in [2.45, 2.75) is 38.0 Å². The van der Waals surface area contributed by atoms with Crippen LogP contribution in [0, 0.1) is 0 Å². The summed E-state index contributed by atoms with van der Waals surface area (Å²) in [4.78, 5) is 12.0.